The monoisotopic (exact) mass is 322 g/mol. The number of rotatable bonds is 6. The van der Waals surface area contributed by atoms with E-state index in [1.165, 1.54) is 6.42 Å². The molecule has 23 heavy (non-hydrogen) atoms. The Balaban J connectivity index is 1.73. The van der Waals surface area contributed by atoms with Crippen molar-refractivity contribution in [1.29, 1.82) is 0 Å². The molecule has 0 amide bonds. The van der Waals surface area contributed by atoms with Crippen molar-refractivity contribution in [1.82, 2.24) is 0 Å². The molecule has 5 heteroatoms. The zero-order valence-corrected chi connectivity index (χ0v) is 14.0. The third-order valence-corrected chi connectivity index (χ3v) is 4.93. The van der Waals surface area contributed by atoms with Gasteiger partial charge in [-0.3, -0.25) is 9.79 Å². The quantitative estimate of drug-likeness (QED) is 0.557. The van der Waals surface area contributed by atoms with Gasteiger partial charge in [0, 0.05) is 13.0 Å². The normalized spacial score (nSPS) is 27.7. The summed E-state index contributed by atoms with van der Waals surface area (Å²) in [7, 11) is 1.71. The number of ether oxygens (including phenoxy) is 2. The van der Waals surface area contributed by atoms with E-state index < -0.39 is 12.0 Å². The highest BCUT2D eigenvalue weighted by Crippen LogP contribution is 2.26. The van der Waals surface area contributed by atoms with Gasteiger partial charge in [0.15, 0.2) is 5.78 Å². The van der Waals surface area contributed by atoms with E-state index in [1.807, 2.05) is 0 Å². The molecule has 0 saturated heterocycles. The molecular weight excluding hydrogens is 294 g/mol. The number of carbonyl (C=O) groups is 2. The first-order valence-corrected chi connectivity index (χ1v) is 8.73. The highest BCUT2D eigenvalue weighted by Gasteiger charge is 2.26. The van der Waals surface area contributed by atoms with Crippen molar-refractivity contribution in [2.24, 2.45) is 10.9 Å². The minimum absolute atomic E-state index is 0.0503. The number of hydrogen-bond acceptors (Lipinski definition) is 5. The number of esters is 1. The highest BCUT2D eigenvalue weighted by molar-refractivity contribution is 6.23. The zero-order chi connectivity index (χ0) is 16.7. The van der Waals surface area contributed by atoms with Gasteiger partial charge in [0.25, 0.3) is 0 Å². The largest absolute Gasteiger partial charge is 0.458 e. The Labute approximate surface area is 138 Å². The molecule has 0 aromatic heterocycles. The Morgan fingerprint density at radius 2 is 1.65 bits per heavy atom. The maximum atomic E-state index is 12.2. The smallest absolute Gasteiger partial charge is 0.349 e. The van der Waals surface area contributed by atoms with Gasteiger partial charge in [-0.05, 0) is 45.4 Å². The molecule has 1 atom stereocenters. The SMILES string of the molecule is [CH2][C@H](N=CC(=O)OC1CCC(OC)CC1)C(=O)C1CCCCC1. The number of nitrogens with zero attached hydrogens (tertiary/aromatic N) is 1. The van der Waals surface area contributed by atoms with Crippen molar-refractivity contribution >= 4 is 18.0 Å². The summed E-state index contributed by atoms with van der Waals surface area (Å²) in [4.78, 5) is 28.1. The standard InChI is InChI=1S/C18H28NO4/c1-13(18(21)14-6-4-3-5-7-14)19-12-17(20)23-16-10-8-15(22-2)9-11-16/h12-16H,1,3-11H2,2H3/t13-,15?,16?/m0/s1. The number of hydrogen-bond donors (Lipinski definition) is 0. The summed E-state index contributed by atoms with van der Waals surface area (Å²) in [6.07, 6.45) is 10.0. The van der Waals surface area contributed by atoms with Crippen LogP contribution in [0.5, 0.6) is 0 Å². The average molecular weight is 322 g/mol. The summed E-state index contributed by atoms with van der Waals surface area (Å²) >= 11 is 0. The van der Waals surface area contributed by atoms with E-state index in [2.05, 4.69) is 11.9 Å². The Bertz CT molecular complexity index is 421. The van der Waals surface area contributed by atoms with E-state index in [0.717, 1.165) is 57.6 Å². The van der Waals surface area contributed by atoms with E-state index in [-0.39, 0.29) is 23.9 Å². The van der Waals surface area contributed by atoms with Crippen LogP contribution in [-0.4, -0.2) is 43.3 Å². The van der Waals surface area contributed by atoms with E-state index >= 15 is 0 Å². The molecule has 0 aromatic rings. The van der Waals surface area contributed by atoms with Gasteiger partial charge < -0.3 is 9.47 Å². The summed E-state index contributed by atoms with van der Waals surface area (Å²) in [5.74, 6) is -0.367. The second-order valence-corrected chi connectivity index (χ2v) is 6.60. The summed E-state index contributed by atoms with van der Waals surface area (Å²) < 4.78 is 10.7. The van der Waals surface area contributed by atoms with Crippen molar-refractivity contribution in [2.75, 3.05) is 7.11 Å². The maximum Gasteiger partial charge on any atom is 0.349 e. The lowest BCUT2D eigenvalue weighted by molar-refractivity contribution is -0.142. The molecule has 0 N–H and O–H groups in total. The van der Waals surface area contributed by atoms with Crippen molar-refractivity contribution in [3.63, 3.8) is 0 Å². The molecule has 0 unspecified atom stereocenters. The molecule has 5 nitrogen and oxygen atoms in total. The molecule has 2 fully saturated rings. The predicted octanol–water partition coefficient (Wildman–Crippen LogP) is 2.91. The molecule has 2 aliphatic carbocycles. The number of ketones is 1. The van der Waals surface area contributed by atoms with Gasteiger partial charge >= 0.3 is 5.97 Å². The Kier molecular flexibility index (Phi) is 7.21. The Morgan fingerprint density at radius 1 is 1.04 bits per heavy atom. The van der Waals surface area contributed by atoms with Crippen LogP contribution in [0.25, 0.3) is 0 Å². The number of methoxy groups -OCH3 is 1. The van der Waals surface area contributed by atoms with Crippen LogP contribution in [0.4, 0.5) is 0 Å². The fraction of sp³-hybridized carbons (Fsp3) is 0.778. The minimum Gasteiger partial charge on any atom is -0.458 e. The second kappa shape index (κ2) is 9.16. The highest BCUT2D eigenvalue weighted by atomic mass is 16.5. The lowest BCUT2D eigenvalue weighted by Crippen LogP contribution is -2.29. The van der Waals surface area contributed by atoms with E-state index in [1.54, 1.807) is 7.11 Å². The van der Waals surface area contributed by atoms with Crippen LogP contribution < -0.4 is 0 Å². The summed E-state index contributed by atoms with van der Waals surface area (Å²) in [6.45, 7) is 3.78. The zero-order valence-electron chi connectivity index (χ0n) is 14.0. The molecule has 1 radical (unpaired) electrons. The van der Waals surface area contributed by atoms with Crippen molar-refractivity contribution in [2.45, 2.75) is 76.0 Å². The summed E-state index contributed by atoms with van der Waals surface area (Å²) in [6, 6.07) is -0.699. The van der Waals surface area contributed by atoms with Gasteiger partial charge in [-0.15, -0.1) is 0 Å². The average Bonchev–Trinajstić information content (AvgIpc) is 2.60. The number of Topliss-reactive ketones (excluding diaryl/α,β-unsaturated/α-hetero) is 1. The Morgan fingerprint density at radius 3 is 2.26 bits per heavy atom. The lowest BCUT2D eigenvalue weighted by atomic mass is 9.84. The van der Waals surface area contributed by atoms with Gasteiger partial charge in [-0.2, -0.15) is 0 Å². The van der Waals surface area contributed by atoms with Crippen LogP contribution >= 0.6 is 0 Å². The van der Waals surface area contributed by atoms with E-state index in [9.17, 15) is 9.59 Å². The van der Waals surface area contributed by atoms with Crippen molar-refractivity contribution in [3.05, 3.63) is 6.92 Å². The van der Waals surface area contributed by atoms with E-state index in [4.69, 9.17) is 9.47 Å². The van der Waals surface area contributed by atoms with Crippen LogP contribution in [0.3, 0.4) is 0 Å². The van der Waals surface area contributed by atoms with Crippen LogP contribution in [0.2, 0.25) is 0 Å². The van der Waals surface area contributed by atoms with Crippen LogP contribution in [-0.2, 0) is 19.1 Å². The van der Waals surface area contributed by atoms with Crippen LogP contribution in [0, 0.1) is 12.8 Å². The van der Waals surface area contributed by atoms with Gasteiger partial charge in [0.1, 0.15) is 18.4 Å². The fourth-order valence-electron chi connectivity index (χ4n) is 3.46. The van der Waals surface area contributed by atoms with Crippen LogP contribution in [0.15, 0.2) is 4.99 Å². The molecule has 0 spiro atoms. The van der Waals surface area contributed by atoms with Gasteiger partial charge in [0.05, 0.1) is 6.10 Å². The van der Waals surface area contributed by atoms with Crippen molar-refractivity contribution < 1.29 is 19.1 Å². The van der Waals surface area contributed by atoms with Gasteiger partial charge in [-0.25, -0.2) is 4.79 Å². The Hall–Kier alpha value is -1.23. The third-order valence-electron chi connectivity index (χ3n) is 4.93. The third kappa shape index (κ3) is 5.72. The molecule has 2 rings (SSSR count). The first-order chi connectivity index (χ1) is 11.1. The van der Waals surface area contributed by atoms with Gasteiger partial charge in [0.2, 0.25) is 0 Å². The second-order valence-electron chi connectivity index (χ2n) is 6.60. The molecule has 0 heterocycles. The van der Waals surface area contributed by atoms with Crippen LogP contribution in [0.1, 0.15) is 57.8 Å². The van der Waals surface area contributed by atoms with E-state index in [0.29, 0.717) is 0 Å². The van der Waals surface area contributed by atoms with Gasteiger partial charge in [-0.1, -0.05) is 19.3 Å². The lowest BCUT2D eigenvalue weighted by Gasteiger charge is -2.26. The minimum atomic E-state index is -0.699. The summed E-state index contributed by atoms with van der Waals surface area (Å²) in [5, 5.41) is 0. The maximum absolute atomic E-state index is 12.2. The number of carbonyl (C=O) groups excluding carboxylic acids is 2. The first kappa shape index (κ1) is 18.1. The van der Waals surface area contributed by atoms with Crippen molar-refractivity contribution in [3.8, 4) is 0 Å². The predicted molar refractivity (Wildman–Crippen MR) is 88.4 cm³/mol. The fourth-order valence-corrected chi connectivity index (χ4v) is 3.46. The summed E-state index contributed by atoms with van der Waals surface area (Å²) in [5.41, 5.74) is 0. The first-order valence-electron chi connectivity index (χ1n) is 8.73. The molecule has 0 aliphatic heterocycles. The molecular formula is C18H28NO4. The molecule has 2 aliphatic rings. The molecule has 129 valence electrons. The molecule has 2 saturated carbocycles. The molecule has 0 bridgehead atoms. The molecule has 0 aromatic carbocycles. The number of aliphatic imine (C=N–C) groups is 1. The topological polar surface area (TPSA) is 65.0 Å².